The number of para-hydroxylation sites is 1. The van der Waals surface area contributed by atoms with Crippen LogP contribution in [-0.2, 0) is 11.3 Å². The number of hydrogen-bond donors (Lipinski definition) is 1. The molecule has 0 aliphatic rings. The van der Waals surface area contributed by atoms with Gasteiger partial charge >= 0.3 is 6.18 Å². The Morgan fingerprint density at radius 3 is 2.68 bits per heavy atom. The molecule has 0 bridgehead atoms. The average Bonchev–Trinajstić information content (AvgIpc) is 2.76. The average molecular weight is 273 g/mol. The van der Waals surface area contributed by atoms with Gasteiger partial charge in [-0.3, -0.25) is 0 Å². The van der Waals surface area contributed by atoms with Gasteiger partial charge in [0.05, 0.1) is 5.56 Å². The fourth-order valence-electron chi connectivity index (χ4n) is 1.37. The molecule has 0 saturated heterocycles. The lowest BCUT2D eigenvalue weighted by atomic mass is 10.2. The normalized spacial score (nSPS) is 11.7. The Hall–Kier alpha value is -2.09. The van der Waals surface area contributed by atoms with Crippen molar-refractivity contribution >= 4 is 5.69 Å². The molecule has 0 radical (unpaired) electrons. The molecule has 19 heavy (non-hydrogen) atoms. The molecule has 0 fully saturated rings. The van der Waals surface area contributed by atoms with Gasteiger partial charge in [0, 0.05) is 5.69 Å². The first-order chi connectivity index (χ1) is 8.96. The fraction of sp³-hybridized carbons (Fsp3) is 0.273. The van der Waals surface area contributed by atoms with Crippen molar-refractivity contribution in [3.05, 3.63) is 30.1 Å². The van der Waals surface area contributed by atoms with Gasteiger partial charge in [0.1, 0.15) is 13.2 Å². The molecule has 2 aromatic rings. The highest BCUT2D eigenvalue weighted by Crippen LogP contribution is 2.23. The minimum atomic E-state index is -4.38. The second kappa shape index (κ2) is 5.27. The third-order valence-electron chi connectivity index (χ3n) is 2.16. The van der Waals surface area contributed by atoms with Gasteiger partial charge in [0.25, 0.3) is 5.89 Å². The molecule has 0 saturated carbocycles. The highest BCUT2D eigenvalue weighted by Gasteiger charge is 2.27. The van der Waals surface area contributed by atoms with E-state index in [4.69, 9.17) is 10.3 Å². The van der Waals surface area contributed by atoms with Crippen LogP contribution < -0.4 is 5.73 Å². The van der Waals surface area contributed by atoms with Gasteiger partial charge in [-0.2, -0.15) is 18.2 Å². The molecule has 0 spiro atoms. The SMILES string of the molecule is Nc1ccccc1-c1nc(COCC(F)(F)F)no1. The minimum absolute atomic E-state index is 0.0301. The predicted molar refractivity (Wildman–Crippen MR) is 59.9 cm³/mol. The second-order valence-electron chi connectivity index (χ2n) is 3.71. The van der Waals surface area contributed by atoms with E-state index in [1.807, 2.05) is 0 Å². The van der Waals surface area contributed by atoms with E-state index in [0.717, 1.165) is 0 Å². The molecule has 0 aliphatic heterocycles. The molecule has 0 aliphatic carbocycles. The van der Waals surface area contributed by atoms with E-state index >= 15 is 0 Å². The van der Waals surface area contributed by atoms with Gasteiger partial charge in [-0.15, -0.1) is 0 Å². The maximum atomic E-state index is 11.9. The lowest BCUT2D eigenvalue weighted by Gasteiger charge is -2.04. The monoisotopic (exact) mass is 273 g/mol. The Balaban J connectivity index is 2.02. The Labute approximate surface area is 106 Å². The van der Waals surface area contributed by atoms with Crippen molar-refractivity contribution in [3.63, 3.8) is 0 Å². The molecule has 0 atom stereocenters. The maximum absolute atomic E-state index is 11.9. The molecule has 2 N–H and O–H groups in total. The molecule has 0 unspecified atom stereocenters. The summed E-state index contributed by atoms with van der Waals surface area (Å²) in [4.78, 5) is 3.91. The number of nitrogens with zero attached hydrogens (tertiary/aromatic N) is 2. The van der Waals surface area contributed by atoms with E-state index < -0.39 is 12.8 Å². The van der Waals surface area contributed by atoms with E-state index in [9.17, 15) is 13.2 Å². The van der Waals surface area contributed by atoms with Crippen LogP contribution in [0.4, 0.5) is 18.9 Å². The summed E-state index contributed by atoms with van der Waals surface area (Å²) in [7, 11) is 0. The Kier molecular flexibility index (Phi) is 3.70. The number of halogens is 3. The van der Waals surface area contributed by atoms with Crippen molar-refractivity contribution in [2.24, 2.45) is 0 Å². The second-order valence-corrected chi connectivity index (χ2v) is 3.71. The van der Waals surface area contributed by atoms with Crippen LogP contribution in [0.5, 0.6) is 0 Å². The van der Waals surface area contributed by atoms with Crippen LogP contribution in [0.3, 0.4) is 0 Å². The standard InChI is InChI=1S/C11H10F3N3O2/c12-11(13,14)6-18-5-9-16-10(19-17-9)7-3-1-2-4-8(7)15/h1-4H,5-6,15H2. The third kappa shape index (κ3) is 3.68. The van der Waals surface area contributed by atoms with Crippen molar-refractivity contribution in [3.8, 4) is 11.5 Å². The molecule has 1 aromatic carbocycles. The third-order valence-corrected chi connectivity index (χ3v) is 2.16. The highest BCUT2D eigenvalue weighted by atomic mass is 19.4. The Bertz CT molecular complexity index is 554. The summed E-state index contributed by atoms with van der Waals surface area (Å²) in [6.07, 6.45) is -4.38. The number of anilines is 1. The van der Waals surface area contributed by atoms with Crippen LogP contribution in [0.2, 0.25) is 0 Å². The first-order valence-corrected chi connectivity index (χ1v) is 5.27. The first kappa shape index (κ1) is 13.3. The zero-order valence-corrected chi connectivity index (χ0v) is 9.65. The van der Waals surface area contributed by atoms with Crippen molar-refractivity contribution < 1.29 is 22.4 Å². The van der Waals surface area contributed by atoms with E-state index in [1.165, 1.54) is 0 Å². The van der Waals surface area contributed by atoms with Crippen LogP contribution in [0.25, 0.3) is 11.5 Å². The Morgan fingerprint density at radius 1 is 1.26 bits per heavy atom. The summed E-state index contributed by atoms with van der Waals surface area (Å²) < 4.78 is 45.0. The highest BCUT2D eigenvalue weighted by molar-refractivity contribution is 5.69. The van der Waals surface area contributed by atoms with Crippen molar-refractivity contribution in [2.45, 2.75) is 12.8 Å². The van der Waals surface area contributed by atoms with Crippen LogP contribution in [0, 0.1) is 0 Å². The van der Waals surface area contributed by atoms with Gasteiger partial charge in [-0.1, -0.05) is 17.3 Å². The van der Waals surface area contributed by atoms with Gasteiger partial charge in [-0.05, 0) is 12.1 Å². The van der Waals surface area contributed by atoms with E-state index in [-0.39, 0.29) is 18.3 Å². The van der Waals surface area contributed by atoms with Crippen LogP contribution in [-0.4, -0.2) is 22.9 Å². The minimum Gasteiger partial charge on any atom is -0.398 e. The predicted octanol–water partition coefficient (Wildman–Crippen LogP) is 2.40. The number of aromatic nitrogens is 2. The lowest BCUT2D eigenvalue weighted by Crippen LogP contribution is -2.16. The molecular formula is C11H10F3N3O2. The molecule has 102 valence electrons. The maximum Gasteiger partial charge on any atom is 0.411 e. The van der Waals surface area contributed by atoms with Crippen LogP contribution >= 0.6 is 0 Å². The van der Waals surface area contributed by atoms with Gasteiger partial charge in [-0.25, -0.2) is 0 Å². The van der Waals surface area contributed by atoms with E-state index in [0.29, 0.717) is 11.3 Å². The number of nitrogens with two attached hydrogens (primary N) is 1. The zero-order chi connectivity index (χ0) is 13.9. The smallest absolute Gasteiger partial charge is 0.398 e. The molecule has 1 heterocycles. The molecule has 2 rings (SSSR count). The van der Waals surface area contributed by atoms with Crippen molar-refractivity contribution in [1.82, 2.24) is 10.1 Å². The number of hydrogen-bond acceptors (Lipinski definition) is 5. The molecule has 5 nitrogen and oxygen atoms in total. The largest absolute Gasteiger partial charge is 0.411 e. The van der Waals surface area contributed by atoms with Crippen molar-refractivity contribution in [2.75, 3.05) is 12.3 Å². The van der Waals surface area contributed by atoms with E-state index in [2.05, 4.69) is 14.9 Å². The summed E-state index contributed by atoms with van der Waals surface area (Å²) in [6.45, 7) is -1.74. The van der Waals surface area contributed by atoms with E-state index in [1.54, 1.807) is 24.3 Å². The lowest BCUT2D eigenvalue weighted by molar-refractivity contribution is -0.177. The quantitative estimate of drug-likeness (QED) is 0.866. The van der Waals surface area contributed by atoms with Gasteiger partial charge in [0.15, 0.2) is 5.82 Å². The number of alkyl halides is 3. The number of benzene rings is 1. The van der Waals surface area contributed by atoms with Gasteiger partial charge < -0.3 is 15.0 Å². The summed E-state index contributed by atoms with van der Waals surface area (Å²) >= 11 is 0. The van der Waals surface area contributed by atoms with Crippen molar-refractivity contribution in [1.29, 1.82) is 0 Å². The fourth-order valence-corrected chi connectivity index (χ4v) is 1.37. The summed E-state index contributed by atoms with van der Waals surface area (Å²) in [5.74, 6) is 0.172. The molecule has 0 amide bonds. The molecule has 1 aromatic heterocycles. The number of nitrogen functional groups attached to an aromatic ring is 1. The first-order valence-electron chi connectivity index (χ1n) is 5.27. The van der Waals surface area contributed by atoms with Gasteiger partial charge in [0.2, 0.25) is 0 Å². The topological polar surface area (TPSA) is 74.2 Å². The Morgan fingerprint density at radius 2 is 2.00 bits per heavy atom. The zero-order valence-electron chi connectivity index (χ0n) is 9.65. The summed E-state index contributed by atoms with van der Waals surface area (Å²) in [5.41, 5.74) is 6.68. The molecule has 8 heteroatoms. The van der Waals surface area contributed by atoms with Crippen LogP contribution in [0.15, 0.2) is 28.8 Å². The summed E-state index contributed by atoms with van der Waals surface area (Å²) in [6, 6.07) is 6.79. The summed E-state index contributed by atoms with van der Waals surface area (Å²) in [5, 5.41) is 3.52. The molecular weight excluding hydrogens is 263 g/mol. The number of rotatable bonds is 4. The number of ether oxygens (including phenoxy) is 1. The van der Waals surface area contributed by atoms with Crippen LogP contribution in [0.1, 0.15) is 5.82 Å².